The third kappa shape index (κ3) is 5.66. The van der Waals surface area contributed by atoms with Gasteiger partial charge in [-0.15, -0.1) is 0 Å². The van der Waals surface area contributed by atoms with Gasteiger partial charge >= 0.3 is 6.09 Å². The molecule has 0 bridgehead atoms. The molecule has 1 aliphatic carbocycles. The van der Waals surface area contributed by atoms with Crippen LogP contribution < -0.4 is 15.5 Å². The number of nitrogens with zero attached hydrogens (tertiary/aromatic N) is 2. The van der Waals surface area contributed by atoms with Crippen molar-refractivity contribution in [3.63, 3.8) is 0 Å². The topological polar surface area (TPSA) is 88.4 Å². The van der Waals surface area contributed by atoms with Crippen LogP contribution in [0.25, 0.3) is 0 Å². The fourth-order valence-corrected chi connectivity index (χ4v) is 5.55. The monoisotopic (exact) mass is 446 g/mol. The summed E-state index contributed by atoms with van der Waals surface area (Å²) in [4.78, 5) is 14.2. The van der Waals surface area contributed by atoms with Crippen molar-refractivity contribution >= 4 is 11.8 Å². The first-order valence-corrected chi connectivity index (χ1v) is 12.1. The number of hydrogen-bond acceptors (Lipinski definition) is 4. The van der Waals surface area contributed by atoms with Gasteiger partial charge in [-0.2, -0.15) is 5.26 Å². The highest BCUT2D eigenvalue weighted by molar-refractivity contribution is 5.66. The largest absolute Gasteiger partial charge is 0.465 e. The molecule has 6 nitrogen and oxygen atoms in total. The van der Waals surface area contributed by atoms with E-state index in [2.05, 4.69) is 52.8 Å². The molecule has 2 aromatic carbocycles. The fraction of sp³-hybridized carbons (Fsp3) is 0.481. The minimum atomic E-state index is -0.946. The molecule has 1 saturated heterocycles. The number of rotatable bonds is 6. The molecule has 174 valence electrons. The lowest BCUT2D eigenvalue weighted by atomic mass is 9.73. The Kier molecular flexibility index (Phi) is 7.20. The summed E-state index contributed by atoms with van der Waals surface area (Å²) in [6.45, 7) is 3.95. The maximum Gasteiger partial charge on any atom is 0.405 e. The number of aryl methyl sites for hydroxylation is 1. The summed E-state index contributed by atoms with van der Waals surface area (Å²) in [6.07, 6.45) is 5.88. The molecule has 1 saturated carbocycles. The average Bonchev–Trinajstić information content (AvgIpc) is 2.82. The summed E-state index contributed by atoms with van der Waals surface area (Å²) in [7, 11) is 0. The second-order valence-corrected chi connectivity index (χ2v) is 9.66. The van der Waals surface area contributed by atoms with Crippen LogP contribution in [-0.2, 0) is 6.42 Å². The van der Waals surface area contributed by atoms with E-state index in [4.69, 9.17) is 5.26 Å². The van der Waals surface area contributed by atoms with E-state index >= 15 is 0 Å². The highest BCUT2D eigenvalue weighted by Gasteiger charge is 2.43. The summed E-state index contributed by atoms with van der Waals surface area (Å²) in [6, 6.07) is 18.8. The Morgan fingerprint density at radius 1 is 1.12 bits per heavy atom. The molecule has 3 atom stereocenters. The Balaban J connectivity index is 1.51. The number of nitriles is 1. The zero-order valence-electron chi connectivity index (χ0n) is 19.4. The standard InChI is InChI=1S/C27H34N4O2/c1-20-7-9-21(10-8-20)17-27(30-26(32)33)15-3-2-6-25(27)29-23-5-4-16-31(19-23)24-13-11-22(18-28)12-14-24/h7-14,23,25,29-30H,2-6,15-17,19H2,1H3,(H,32,33). The molecule has 3 unspecified atom stereocenters. The van der Waals surface area contributed by atoms with Crippen LogP contribution in [-0.4, -0.2) is 41.9 Å². The normalized spacial score (nSPS) is 25.3. The number of anilines is 1. The van der Waals surface area contributed by atoms with Crippen molar-refractivity contribution in [3.8, 4) is 6.07 Å². The van der Waals surface area contributed by atoms with E-state index in [1.807, 2.05) is 24.3 Å². The van der Waals surface area contributed by atoms with Crippen LogP contribution in [0.3, 0.4) is 0 Å². The molecule has 2 aromatic rings. The van der Waals surface area contributed by atoms with Crippen LogP contribution in [0.4, 0.5) is 10.5 Å². The second-order valence-electron chi connectivity index (χ2n) is 9.66. The minimum absolute atomic E-state index is 0.0922. The number of carboxylic acid groups (broad SMARTS) is 1. The predicted molar refractivity (Wildman–Crippen MR) is 131 cm³/mol. The number of nitrogens with one attached hydrogen (secondary N) is 2. The Morgan fingerprint density at radius 2 is 1.88 bits per heavy atom. The quantitative estimate of drug-likeness (QED) is 0.603. The zero-order chi connectivity index (χ0) is 23.3. The lowest BCUT2D eigenvalue weighted by Crippen LogP contribution is -2.66. The third-order valence-electron chi connectivity index (χ3n) is 7.25. The predicted octanol–water partition coefficient (Wildman–Crippen LogP) is 4.62. The number of hydrogen-bond donors (Lipinski definition) is 3. The van der Waals surface area contributed by atoms with E-state index in [9.17, 15) is 9.90 Å². The summed E-state index contributed by atoms with van der Waals surface area (Å²) >= 11 is 0. The fourth-order valence-electron chi connectivity index (χ4n) is 5.55. The Morgan fingerprint density at radius 3 is 2.58 bits per heavy atom. The minimum Gasteiger partial charge on any atom is -0.465 e. The summed E-state index contributed by atoms with van der Waals surface area (Å²) < 4.78 is 0. The highest BCUT2D eigenvalue weighted by atomic mass is 16.4. The van der Waals surface area contributed by atoms with Gasteiger partial charge in [-0.3, -0.25) is 0 Å². The van der Waals surface area contributed by atoms with Crippen LogP contribution in [0.1, 0.15) is 55.2 Å². The molecule has 2 fully saturated rings. The molecule has 0 spiro atoms. The van der Waals surface area contributed by atoms with Crippen LogP contribution in [0, 0.1) is 18.3 Å². The molecule has 0 radical (unpaired) electrons. The van der Waals surface area contributed by atoms with Crippen molar-refractivity contribution in [3.05, 3.63) is 65.2 Å². The zero-order valence-corrected chi connectivity index (χ0v) is 19.4. The molecule has 2 aliphatic rings. The number of benzene rings is 2. The molecule has 3 N–H and O–H groups in total. The Labute approximate surface area is 196 Å². The van der Waals surface area contributed by atoms with Gasteiger partial charge in [0.05, 0.1) is 17.2 Å². The molecule has 4 rings (SSSR count). The maximum atomic E-state index is 11.9. The molecule has 1 aliphatic heterocycles. The molecule has 6 heteroatoms. The van der Waals surface area contributed by atoms with E-state index in [1.165, 1.54) is 11.1 Å². The van der Waals surface area contributed by atoms with Crippen molar-refractivity contribution in [2.75, 3.05) is 18.0 Å². The van der Waals surface area contributed by atoms with E-state index in [-0.39, 0.29) is 6.04 Å². The van der Waals surface area contributed by atoms with E-state index < -0.39 is 11.6 Å². The highest BCUT2D eigenvalue weighted by Crippen LogP contribution is 2.33. The van der Waals surface area contributed by atoms with E-state index in [0.717, 1.165) is 57.3 Å². The summed E-state index contributed by atoms with van der Waals surface area (Å²) in [5.41, 5.74) is 3.69. The average molecular weight is 447 g/mol. The molecule has 33 heavy (non-hydrogen) atoms. The Hall–Kier alpha value is -3.04. The number of piperidine rings is 1. The first-order chi connectivity index (χ1) is 16.0. The van der Waals surface area contributed by atoms with Crippen molar-refractivity contribution in [1.29, 1.82) is 5.26 Å². The van der Waals surface area contributed by atoms with Gasteiger partial charge in [0.15, 0.2) is 0 Å². The van der Waals surface area contributed by atoms with Gasteiger partial charge in [-0.1, -0.05) is 42.7 Å². The van der Waals surface area contributed by atoms with Gasteiger partial charge in [-0.25, -0.2) is 4.79 Å². The molecule has 0 aromatic heterocycles. The molecular weight excluding hydrogens is 412 g/mol. The van der Waals surface area contributed by atoms with Gasteiger partial charge < -0.3 is 20.6 Å². The number of amides is 1. The van der Waals surface area contributed by atoms with Gasteiger partial charge in [-0.05, 0) is 68.9 Å². The van der Waals surface area contributed by atoms with E-state index in [0.29, 0.717) is 18.0 Å². The molecule has 1 amide bonds. The second kappa shape index (κ2) is 10.3. The molecule has 1 heterocycles. The van der Waals surface area contributed by atoms with Crippen molar-refractivity contribution in [2.45, 2.75) is 69.5 Å². The van der Waals surface area contributed by atoms with Crippen molar-refractivity contribution in [2.24, 2.45) is 0 Å². The third-order valence-corrected chi connectivity index (χ3v) is 7.25. The van der Waals surface area contributed by atoms with E-state index in [1.54, 1.807) is 0 Å². The molecular formula is C27H34N4O2. The van der Waals surface area contributed by atoms with Crippen LogP contribution >= 0.6 is 0 Å². The van der Waals surface area contributed by atoms with Crippen LogP contribution in [0.15, 0.2) is 48.5 Å². The first-order valence-electron chi connectivity index (χ1n) is 12.1. The van der Waals surface area contributed by atoms with Gasteiger partial charge in [0.2, 0.25) is 0 Å². The lowest BCUT2D eigenvalue weighted by molar-refractivity contribution is 0.130. The lowest BCUT2D eigenvalue weighted by Gasteiger charge is -2.47. The summed E-state index contributed by atoms with van der Waals surface area (Å²) in [5, 5.41) is 25.7. The van der Waals surface area contributed by atoms with Gasteiger partial charge in [0, 0.05) is 30.9 Å². The summed E-state index contributed by atoms with van der Waals surface area (Å²) in [5.74, 6) is 0. The number of carbonyl (C=O) groups is 1. The van der Waals surface area contributed by atoms with Gasteiger partial charge in [0.25, 0.3) is 0 Å². The van der Waals surface area contributed by atoms with Crippen molar-refractivity contribution < 1.29 is 9.90 Å². The SMILES string of the molecule is Cc1ccc(CC2(NC(=O)O)CCCCC2NC2CCCN(c3ccc(C#N)cc3)C2)cc1. The van der Waals surface area contributed by atoms with Crippen LogP contribution in [0.5, 0.6) is 0 Å². The van der Waals surface area contributed by atoms with Crippen LogP contribution in [0.2, 0.25) is 0 Å². The Bertz CT molecular complexity index is 983. The van der Waals surface area contributed by atoms with Crippen molar-refractivity contribution in [1.82, 2.24) is 10.6 Å². The first kappa shape index (κ1) is 23.1. The maximum absolute atomic E-state index is 11.9. The smallest absolute Gasteiger partial charge is 0.405 e. The van der Waals surface area contributed by atoms with Gasteiger partial charge in [0.1, 0.15) is 0 Å².